The van der Waals surface area contributed by atoms with Gasteiger partial charge in [0, 0.05) is 12.1 Å². The molecule has 0 aromatic heterocycles. The molecule has 2 N–H and O–H groups in total. The molecule has 2 rings (SSSR count). The second kappa shape index (κ2) is 8.55. The molecular formula is C17H16N3O5. The summed E-state index contributed by atoms with van der Waals surface area (Å²) in [5, 5.41) is 13.9. The van der Waals surface area contributed by atoms with E-state index in [0.29, 0.717) is 5.56 Å². The topological polar surface area (TPSA) is 127 Å². The van der Waals surface area contributed by atoms with Crippen LogP contribution in [0.25, 0.3) is 0 Å². The van der Waals surface area contributed by atoms with Crippen molar-refractivity contribution in [2.24, 2.45) is 5.73 Å². The van der Waals surface area contributed by atoms with Crippen LogP contribution < -0.4 is 11.1 Å². The SMILES string of the molecule is N[C@@H](Cc1ccc([N+](=O)[O-])cc1)C(=O)[N]C(=O)OCc1ccccc1. The second-order valence-corrected chi connectivity index (χ2v) is 5.22. The summed E-state index contributed by atoms with van der Waals surface area (Å²) in [6, 6.07) is 13.6. The van der Waals surface area contributed by atoms with Crippen LogP contribution in [0.5, 0.6) is 0 Å². The van der Waals surface area contributed by atoms with Crippen LogP contribution >= 0.6 is 0 Å². The van der Waals surface area contributed by atoms with Crippen molar-refractivity contribution in [2.75, 3.05) is 0 Å². The van der Waals surface area contributed by atoms with Gasteiger partial charge in [-0.05, 0) is 17.5 Å². The molecule has 0 aliphatic rings. The summed E-state index contributed by atoms with van der Waals surface area (Å²) in [5.74, 6) is -0.809. The summed E-state index contributed by atoms with van der Waals surface area (Å²) in [5.41, 5.74) is 7.06. The van der Waals surface area contributed by atoms with Crippen molar-refractivity contribution in [3.63, 3.8) is 0 Å². The molecule has 8 nitrogen and oxygen atoms in total. The highest BCUT2D eigenvalue weighted by molar-refractivity contribution is 5.94. The molecule has 2 aromatic rings. The third-order valence-electron chi connectivity index (χ3n) is 3.33. The van der Waals surface area contributed by atoms with Crippen molar-refractivity contribution >= 4 is 17.7 Å². The monoisotopic (exact) mass is 342 g/mol. The third kappa shape index (κ3) is 5.70. The minimum atomic E-state index is -1.04. The molecule has 129 valence electrons. The van der Waals surface area contributed by atoms with Gasteiger partial charge in [0.2, 0.25) is 0 Å². The highest BCUT2D eigenvalue weighted by Crippen LogP contribution is 2.13. The number of ether oxygens (including phenoxy) is 1. The van der Waals surface area contributed by atoms with E-state index < -0.39 is 23.0 Å². The summed E-state index contributed by atoms with van der Waals surface area (Å²) in [4.78, 5) is 33.5. The average Bonchev–Trinajstić information content (AvgIpc) is 2.61. The Hall–Kier alpha value is -3.26. The minimum Gasteiger partial charge on any atom is -0.443 e. The summed E-state index contributed by atoms with van der Waals surface area (Å²) in [6.07, 6.45) is -0.903. The maximum Gasteiger partial charge on any atom is 0.437 e. The van der Waals surface area contributed by atoms with Crippen LogP contribution in [-0.2, 0) is 22.6 Å². The van der Waals surface area contributed by atoms with Gasteiger partial charge in [0.25, 0.3) is 11.6 Å². The number of hydrogen-bond acceptors (Lipinski definition) is 6. The molecule has 0 fully saturated rings. The van der Waals surface area contributed by atoms with Crippen LogP contribution in [0.1, 0.15) is 11.1 Å². The molecule has 0 bridgehead atoms. The highest BCUT2D eigenvalue weighted by atomic mass is 16.6. The van der Waals surface area contributed by atoms with Crippen molar-refractivity contribution in [3.05, 3.63) is 75.8 Å². The molecule has 1 atom stereocenters. The zero-order chi connectivity index (χ0) is 18.2. The molecule has 0 saturated carbocycles. The number of carbonyl (C=O) groups is 2. The number of carbonyl (C=O) groups excluding carboxylic acids is 2. The fraction of sp³-hybridized carbons (Fsp3) is 0.176. The van der Waals surface area contributed by atoms with Gasteiger partial charge in [0.05, 0.1) is 11.0 Å². The third-order valence-corrected chi connectivity index (χ3v) is 3.33. The van der Waals surface area contributed by atoms with Gasteiger partial charge < -0.3 is 10.5 Å². The quantitative estimate of drug-likeness (QED) is 0.631. The van der Waals surface area contributed by atoms with Crippen LogP contribution in [0.15, 0.2) is 54.6 Å². The van der Waals surface area contributed by atoms with E-state index in [4.69, 9.17) is 10.5 Å². The highest BCUT2D eigenvalue weighted by Gasteiger charge is 2.20. The van der Waals surface area contributed by atoms with Crippen molar-refractivity contribution in [2.45, 2.75) is 19.1 Å². The van der Waals surface area contributed by atoms with E-state index in [0.717, 1.165) is 5.56 Å². The fourth-order valence-electron chi connectivity index (χ4n) is 2.02. The summed E-state index contributed by atoms with van der Waals surface area (Å²) in [6.45, 7) is 0.00798. The molecule has 2 aromatic carbocycles. The lowest BCUT2D eigenvalue weighted by molar-refractivity contribution is -0.384. The maximum absolute atomic E-state index is 11.8. The number of imide groups is 1. The number of nitro benzene ring substituents is 1. The van der Waals surface area contributed by atoms with Gasteiger partial charge in [0.1, 0.15) is 6.61 Å². The van der Waals surface area contributed by atoms with Crippen LogP contribution in [-0.4, -0.2) is 23.0 Å². The molecule has 2 amide bonds. The van der Waals surface area contributed by atoms with Crippen molar-refractivity contribution in [1.29, 1.82) is 0 Å². The van der Waals surface area contributed by atoms with Crippen LogP contribution in [0.2, 0.25) is 0 Å². The summed E-state index contributed by atoms with van der Waals surface area (Å²) >= 11 is 0. The Labute approximate surface area is 143 Å². The Kier molecular flexibility index (Phi) is 6.19. The molecule has 0 aliphatic heterocycles. The van der Waals surface area contributed by atoms with Gasteiger partial charge in [-0.25, -0.2) is 4.79 Å². The number of nitrogens with two attached hydrogens (primary N) is 1. The minimum absolute atomic E-state index is 0.00798. The van der Waals surface area contributed by atoms with E-state index in [2.05, 4.69) is 5.32 Å². The van der Waals surface area contributed by atoms with E-state index in [1.165, 1.54) is 24.3 Å². The lowest BCUT2D eigenvalue weighted by Gasteiger charge is -2.10. The molecular weight excluding hydrogens is 326 g/mol. The van der Waals surface area contributed by atoms with E-state index in [9.17, 15) is 19.7 Å². The molecule has 8 heteroatoms. The first kappa shape index (κ1) is 18.1. The first-order valence-corrected chi connectivity index (χ1v) is 7.41. The van der Waals surface area contributed by atoms with E-state index in [1.54, 1.807) is 24.3 Å². The number of nitro groups is 1. The number of amides is 2. The molecule has 25 heavy (non-hydrogen) atoms. The van der Waals surface area contributed by atoms with Crippen molar-refractivity contribution < 1.29 is 19.2 Å². The van der Waals surface area contributed by atoms with Gasteiger partial charge in [-0.3, -0.25) is 14.9 Å². The summed E-state index contributed by atoms with van der Waals surface area (Å²) in [7, 11) is 0. The van der Waals surface area contributed by atoms with Crippen molar-refractivity contribution in [1.82, 2.24) is 5.32 Å². The standard InChI is InChI=1S/C17H16N3O5/c18-15(10-12-6-8-14(9-7-12)20(23)24)16(21)19-17(22)25-11-13-4-2-1-3-5-13/h1-9,15H,10-11,18H2/t15-/m0/s1. The Morgan fingerprint density at radius 2 is 1.72 bits per heavy atom. The zero-order valence-electron chi connectivity index (χ0n) is 13.2. The molecule has 0 spiro atoms. The van der Waals surface area contributed by atoms with E-state index >= 15 is 0 Å². The average molecular weight is 342 g/mol. The number of non-ortho nitro benzene ring substituents is 1. The molecule has 0 heterocycles. The lowest BCUT2D eigenvalue weighted by Crippen LogP contribution is -2.40. The predicted molar refractivity (Wildman–Crippen MR) is 88.5 cm³/mol. The predicted octanol–water partition coefficient (Wildman–Crippen LogP) is 1.93. The molecule has 1 radical (unpaired) electrons. The van der Waals surface area contributed by atoms with Crippen LogP contribution in [0.3, 0.4) is 0 Å². The Morgan fingerprint density at radius 3 is 2.32 bits per heavy atom. The zero-order valence-corrected chi connectivity index (χ0v) is 13.2. The lowest BCUT2D eigenvalue weighted by atomic mass is 10.1. The molecule has 0 aliphatic carbocycles. The number of nitrogens with zero attached hydrogens (tertiary/aromatic N) is 2. The Bertz CT molecular complexity index is 747. The Morgan fingerprint density at radius 1 is 1.08 bits per heavy atom. The van der Waals surface area contributed by atoms with Gasteiger partial charge in [0.15, 0.2) is 0 Å². The molecule has 0 saturated heterocycles. The first-order valence-electron chi connectivity index (χ1n) is 7.41. The number of rotatable bonds is 6. The smallest absolute Gasteiger partial charge is 0.437 e. The van der Waals surface area contributed by atoms with Crippen LogP contribution in [0.4, 0.5) is 10.5 Å². The van der Waals surface area contributed by atoms with Gasteiger partial charge in [-0.15, -0.1) is 5.32 Å². The normalized spacial score (nSPS) is 11.4. The second-order valence-electron chi connectivity index (χ2n) is 5.22. The van der Waals surface area contributed by atoms with Gasteiger partial charge >= 0.3 is 6.09 Å². The maximum atomic E-state index is 11.8. The summed E-state index contributed by atoms with van der Waals surface area (Å²) < 4.78 is 4.88. The number of hydrogen-bond donors (Lipinski definition) is 1. The molecule has 0 unspecified atom stereocenters. The van der Waals surface area contributed by atoms with Crippen LogP contribution in [0, 0.1) is 10.1 Å². The van der Waals surface area contributed by atoms with Crippen molar-refractivity contribution in [3.8, 4) is 0 Å². The van der Waals surface area contributed by atoms with Gasteiger partial charge in [-0.1, -0.05) is 42.5 Å². The largest absolute Gasteiger partial charge is 0.443 e. The fourth-order valence-corrected chi connectivity index (χ4v) is 2.02. The van der Waals surface area contributed by atoms with Gasteiger partial charge in [-0.2, -0.15) is 0 Å². The van der Waals surface area contributed by atoms with E-state index in [1.807, 2.05) is 6.07 Å². The Balaban J connectivity index is 1.81. The van der Waals surface area contributed by atoms with E-state index in [-0.39, 0.29) is 18.7 Å². The number of benzene rings is 2. The first-order chi connectivity index (χ1) is 12.0.